The summed E-state index contributed by atoms with van der Waals surface area (Å²) in [5.41, 5.74) is 4.78. The van der Waals surface area contributed by atoms with Crippen LogP contribution in [-0.4, -0.2) is 46.9 Å². The van der Waals surface area contributed by atoms with E-state index in [0.29, 0.717) is 43.3 Å². The first kappa shape index (κ1) is 25.4. The lowest BCUT2D eigenvalue weighted by molar-refractivity contribution is -0.124. The number of nitrogens with zero attached hydrogens (tertiary/aromatic N) is 1. The number of hydrogen-bond acceptors (Lipinski definition) is 3. The molecular formula is C28H33Cl2N3O3. The van der Waals surface area contributed by atoms with E-state index in [1.54, 1.807) is 0 Å². The quantitative estimate of drug-likeness (QED) is 0.244. The molecule has 2 aliphatic rings. The average molecular weight is 530 g/mol. The predicted octanol–water partition coefficient (Wildman–Crippen LogP) is 5.73. The van der Waals surface area contributed by atoms with Gasteiger partial charge in [0.15, 0.2) is 0 Å². The summed E-state index contributed by atoms with van der Waals surface area (Å²) in [5.74, 6) is 1.24. The van der Waals surface area contributed by atoms with E-state index in [0.717, 1.165) is 28.8 Å². The molecule has 1 aliphatic heterocycles. The van der Waals surface area contributed by atoms with Crippen LogP contribution >= 0.6 is 23.2 Å². The Kier molecular flexibility index (Phi) is 8.06. The Morgan fingerprint density at radius 3 is 2.67 bits per heavy atom. The summed E-state index contributed by atoms with van der Waals surface area (Å²) in [7, 11) is 0. The molecule has 3 unspecified atom stereocenters. The minimum Gasteiger partial charge on any atom is -0.393 e. The minimum absolute atomic E-state index is 0.256. The van der Waals surface area contributed by atoms with Crippen LogP contribution in [0, 0.1) is 0 Å². The third-order valence-corrected chi connectivity index (χ3v) is 7.65. The second-order valence-electron chi connectivity index (χ2n) is 9.91. The molecule has 0 radical (unpaired) electrons. The predicted molar refractivity (Wildman–Crippen MR) is 144 cm³/mol. The van der Waals surface area contributed by atoms with Gasteiger partial charge in [0.2, 0.25) is 0 Å². The molecule has 0 bridgehead atoms. The standard InChI is InChI=1S/C28H33Cl2N3O3/c29-11-2-12-31-28(35)32-16-23-14-22(34)15-26(36-23)33-17-21(27-24(30)3-1-4-25(27)33)13-18-5-7-19(8-6-18)20-9-10-20/h1,3-8,17,20,22-23,26,34H,2,9-16H2,(H2,31,32,35). The van der Waals surface area contributed by atoms with E-state index in [1.807, 2.05) is 18.2 Å². The zero-order valence-corrected chi connectivity index (χ0v) is 21.8. The van der Waals surface area contributed by atoms with Crippen molar-refractivity contribution in [2.75, 3.05) is 19.0 Å². The first-order chi connectivity index (χ1) is 17.5. The highest BCUT2D eigenvalue weighted by Gasteiger charge is 2.31. The number of fused-ring (bicyclic) bond motifs is 1. The molecule has 1 aromatic heterocycles. The van der Waals surface area contributed by atoms with Crippen molar-refractivity contribution in [1.29, 1.82) is 0 Å². The van der Waals surface area contributed by atoms with Crippen LogP contribution in [0.4, 0.5) is 4.79 Å². The zero-order valence-electron chi connectivity index (χ0n) is 20.3. The van der Waals surface area contributed by atoms with Crippen molar-refractivity contribution in [3.05, 3.63) is 70.4 Å². The van der Waals surface area contributed by atoms with Crippen LogP contribution in [0.3, 0.4) is 0 Å². The smallest absolute Gasteiger partial charge is 0.314 e. The Labute approximate surface area is 221 Å². The van der Waals surface area contributed by atoms with Gasteiger partial charge < -0.3 is 25.0 Å². The Bertz CT molecular complexity index is 1190. The number of carbonyl (C=O) groups is 1. The topological polar surface area (TPSA) is 75.5 Å². The number of aliphatic hydroxyl groups excluding tert-OH is 1. The fraction of sp³-hybridized carbons (Fsp3) is 0.464. The number of urea groups is 1. The summed E-state index contributed by atoms with van der Waals surface area (Å²) in [6, 6.07) is 14.6. The summed E-state index contributed by atoms with van der Waals surface area (Å²) in [5, 5.41) is 18.0. The SMILES string of the molecule is O=C(NCCCCl)NCC1CC(O)CC(n2cc(Cc3ccc(C4CC4)cc3)c3c(Cl)cccc32)O1. The van der Waals surface area contributed by atoms with Gasteiger partial charge in [-0.25, -0.2) is 4.79 Å². The molecule has 1 aliphatic carbocycles. The largest absolute Gasteiger partial charge is 0.393 e. The van der Waals surface area contributed by atoms with Crippen molar-refractivity contribution in [2.45, 2.75) is 62.9 Å². The van der Waals surface area contributed by atoms with E-state index in [9.17, 15) is 9.90 Å². The van der Waals surface area contributed by atoms with Crippen molar-refractivity contribution < 1.29 is 14.6 Å². The summed E-state index contributed by atoms with van der Waals surface area (Å²) in [6.07, 6.45) is 5.95. The third-order valence-electron chi connectivity index (χ3n) is 7.06. The number of carbonyl (C=O) groups excluding carboxylic acids is 1. The Hall–Kier alpha value is -2.25. The molecule has 5 rings (SSSR count). The van der Waals surface area contributed by atoms with Crippen LogP contribution in [0.15, 0.2) is 48.7 Å². The fourth-order valence-corrected chi connectivity index (χ4v) is 5.50. The minimum atomic E-state index is -0.523. The van der Waals surface area contributed by atoms with Gasteiger partial charge in [-0.2, -0.15) is 0 Å². The van der Waals surface area contributed by atoms with Gasteiger partial charge in [-0.1, -0.05) is 41.9 Å². The Morgan fingerprint density at radius 2 is 1.92 bits per heavy atom. The maximum atomic E-state index is 12.0. The van der Waals surface area contributed by atoms with E-state index in [2.05, 4.69) is 45.7 Å². The molecule has 3 atom stereocenters. The molecule has 2 amide bonds. The molecule has 0 spiro atoms. The van der Waals surface area contributed by atoms with Crippen molar-refractivity contribution in [1.82, 2.24) is 15.2 Å². The first-order valence-electron chi connectivity index (χ1n) is 12.8. The lowest BCUT2D eigenvalue weighted by atomic mass is 10.0. The van der Waals surface area contributed by atoms with Gasteiger partial charge in [-0.15, -0.1) is 11.6 Å². The number of hydrogen-bond donors (Lipinski definition) is 3. The van der Waals surface area contributed by atoms with Crippen LogP contribution in [0.25, 0.3) is 10.9 Å². The lowest BCUT2D eigenvalue weighted by Gasteiger charge is -2.34. The molecule has 3 N–H and O–H groups in total. The average Bonchev–Trinajstić information content (AvgIpc) is 3.65. The number of rotatable bonds is 9. The maximum Gasteiger partial charge on any atom is 0.314 e. The first-order valence-corrected chi connectivity index (χ1v) is 13.7. The highest BCUT2D eigenvalue weighted by Crippen LogP contribution is 2.40. The number of benzene rings is 2. The number of aromatic nitrogens is 1. The van der Waals surface area contributed by atoms with Crippen LogP contribution in [0.2, 0.25) is 5.02 Å². The van der Waals surface area contributed by atoms with Gasteiger partial charge in [-0.05, 0) is 60.4 Å². The maximum absolute atomic E-state index is 12.0. The van der Waals surface area contributed by atoms with Crippen LogP contribution < -0.4 is 10.6 Å². The highest BCUT2D eigenvalue weighted by atomic mass is 35.5. The Balaban J connectivity index is 1.33. The molecule has 2 fully saturated rings. The van der Waals surface area contributed by atoms with Gasteiger partial charge in [0, 0.05) is 43.4 Å². The number of aliphatic hydroxyl groups is 1. The van der Waals surface area contributed by atoms with E-state index < -0.39 is 6.10 Å². The summed E-state index contributed by atoms with van der Waals surface area (Å²) < 4.78 is 8.46. The van der Waals surface area contributed by atoms with Crippen molar-refractivity contribution in [3.8, 4) is 0 Å². The molecule has 8 heteroatoms. The second kappa shape index (κ2) is 11.4. The summed E-state index contributed by atoms with van der Waals surface area (Å²) in [6.45, 7) is 0.842. The molecule has 36 heavy (non-hydrogen) atoms. The lowest BCUT2D eigenvalue weighted by Crippen LogP contribution is -2.44. The van der Waals surface area contributed by atoms with Gasteiger partial charge in [0.1, 0.15) is 6.23 Å². The van der Waals surface area contributed by atoms with E-state index >= 15 is 0 Å². The van der Waals surface area contributed by atoms with Crippen molar-refractivity contribution in [3.63, 3.8) is 0 Å². The monoisotopic (exact) mass is 529 g/mol. The van der Waals surface area contributed by atoms with Crippen LogP contribution in [0.1, 0.15) is 60.9 Å². The van der Waals surface area contributed by atoms with E-state index in [1.165, 1.54) is 24.0 Å². The number of ether oxygens (including phenoxy) is 1. The number of nitrogens with one attached hydrogen (secondary N) is 2. The zero-order chi connectivity index (χ0) is 25.1. The van der Waals surface area contributed by atoms with Crippen molar-refractivity contribution >= 4 is 40.1 Å². The van der Waals surface area contributed by atoms with Crippen LogP contribution in [-0.2, 0) is 11.2 Å². The van der Waals surface area contributed by atoms with Gasteiger partial charge in [0.05, 0.1) is 22.7 Å². The summed E-state index contributed by atoms with van der Waals surface area (Å²) >= 11 is 12.3. The van der Waals surface area contributed by atoms with Gasteiger partial charge >= 0.3 is 6.03 Å². The normalized spacial score (nSPS) is 22.0. The van der Waals surface area contributed by atoms with Crippen LogP contribution in [0.5, 0.6) is 0 Å². The fourth-order valence-electron chi connectivity index (χ4n) is 5.08. The molecule has 2 heterocycles. The molecule has 1 saturated heterocycles. The Morgan fingerprint density at radius 1 is 1.11 bits per heavy atom. The van der Waals surface area contributed by atoms with Crippen molar-refractivity contribution in [2.24, 2.45) is 0 Å². The molecule has 2 aromatic carbocycles. The number of halogens is 2. The van der Waals surface area contributed by atoms with Gasteiger partial charge in [-0.3, -0.25) is 0 Å². The summed E-state index contributed by atoms with van der Waals surface area (Å²) in [4.78, 5) is 12.0. The van der Waals surface area contributed by atoms with E-state index in [4.69, 9.17) is 27.9 Å². The molecule has 1 saturated carbocycles. The molecule has 192 valence electrons. The molecular weight excluding hydrogens is 497 g/mol. The third kappa shape index (κ3) is 6.00. The number of alkyl halides is 1. The van der Waals surface area contributed by atoms with Gasteiger partial charge in [0.25, 0.3) is 0 Å². The molecule has 6 nitrogen and oxygen atoms in total. The number of amides is 2. The molecule has 3 aromatic rings. The highest BCUT2D eigenvalue weighted by molar-refractivity contribution is 6.35. The second-order valence-corrected chi connectivity index (χ2v) is 10.7. The van der Waals surface area contributed by atoms with E-state index in [-0.39, 0.29) is 18.4 Å².